The van der Waals surface area contributed by atoms with Gasteiger partial charge in [0.05, 0.1) is 13.7 Å². The van der Waals surface area contributed by atoms with Gasteiger partial charge in [-0.2, -0.15) is 0 Å². The molecule has 1 aromatic heterocycles. The molecule has 1 amide bonds. The van der Waals surface area contributed by atoms with Crippen LogP contribution in [-0.4, -0.2) is 34.9 Å². The number of benzene rings is 1. The maximum Gasteiger partial charge on any atom is 0.360 e. The standard InChI is InChI=1S/C19H22N2O4/c1-12(2)21(10-17-20-16(11-25-17)19(23)24-3)18(22)15-9-14(15)13-7-5-4-6-8-13/h4-8,11-12,14-15H,9-10H2,1-3H3. The highest BCUT2D eigenvalue weighted by atomic mass is 16.5. The van der Waals surface area contributed by atoms with E-state index in [1.54, 1.807) is 4.90 Å². The number of amides is 1. The fraction of sp³-hybridized carbons (Fsp3) is 0.421. The van der Waals surface area contributed by atoms with E-state index in [4.69, 9.17) is 4.42 Å². The van der Waals surface area contributed by atoms with Gasteiger partial charge in [0, 0.05) is 12.0 Å². The van der Waals surface area contributed by atoms with Crippen LogP contribution >= 0.6 is 0 Å². The van der Waals surface area contributed by atoms with Crippen molar-refractivity contribution in [3.63, 3.8) is 0 Å². The van der Waals surface area contributed by atoms with Gasteiger partial charge in [-0.15, -0.1) is 0 Å². The predicted molar refractivity (Wildman–Crippen MR) is 90.8 cm³/mol. The Morgan fingerprint density at radius 3 is 2.68 bits per heavy atom. The molecule has 0 radical (unpaired) electrons. The van der Waals surface area contributed by atoms with Crippen molar-refractivity contribution in [1.82, 2.24) is 9.88 Å². The fourth-order valence-corrected chi connectivity index (χ4v) is 2.99. The summed E-state index contributed by atoms with van der Waals surface area (Å²) in [5.41, 5.74) is 1.32. The molecule has 0 bridgehead atoms. The average molecular weight is 342 g/mol. The lowest BCUT2D eigenvalue weighted by atomic mass is 10.1. The number of aromatic nitrogens is 1. The maximum atomic E-state index is 12.9. The first kappa shape index (κ1) is 17.2. The lowest BCUT2D eigenvalue weighted by Crippen LogP contribution is -2.37. The van der Waals surface area contributed by atoms with Crippen molar-refractivity contribution in [3.8, 4) is 0 Å². The van der Waals surface area contributed by atoms with Crippen LogP contribution in [0.15, 0.2) is 41.0 Å². The summed E-state index contributed by atoms with van der Waals surface area (Å²) >= 11 is 0. The van der Waals surface area contributed by atoms with Gasteiger partial charge >= 0.3 is 5.97 Å². The number of esters is 1. The summed E-state index contributed by atoms with van der Waals surface area (Å²) in [6.07, 6.45) is 2.12. The smallest absolute Gasteiger partial charge is 0.360 e. The van der Waals surface area contributed by atoms with Crippen molar-refractivity contribution in [2.75, 3.05) is 7.11 Å². The summed E-state index contributed by atoms with van der Waals surface area (Å²) in [5, 5.41) is 0. The monoisotopic (exact) mass is 342 g/mol. The quantitative estimate of drug-likeness (QED) is 0.755. The van der Waals surface area contributed by atoms with Gasteiger partial charge in [0.2, 0.25) is 11.8 Å². The first-order valence-corrected chi connectivity index (χ1v) is 8.39. The molecule has 2 unspecified atom stereocenters. The second-order valence-electron chi connectivity index (χ2n) is 6.54. The average Bonchev–Trinajstić information content (AvgIpc) is 3.29. The molecule has 132 valence electrons. The topological polar surface area (TPSA) is 72.6 Å². The SMILES string of the molecule is COC(=O)c1coc(CN(C(=O)C2CC2c2ccccc2)C(C)C)n1. The Morgan fingerprint density at radius 2 is 2.04 bits per heavy atom. The number of hydrogen-bond donors (Lipinski definition) is 0. The third-order valence-electron chi connectivity index (χ3n) is 4.49. The minimum atomic E-state index is -0.552. The van der Waals surface area contributed by atoms with Crippen molar-refractivity contribution in [2.45, 2.75) is 38.8 Å². The van der Waals surface area contributed by atoms with E-state index in [2.05, 4.69) is 21.9 Å². The number of ether oxygens (including phenoxy) is 1. The number of nitrogens with zero attached hydrogens (tertiary/aromatic N) is 2. The summed E-state index contributed by atoms with van der Waals surface area (Å²) < 4.78 is 9.94. The van der Waals surface area contributed by atoms with Crippen LogP contribution in [0.4, 0.5) is 0 Å². The van der Waals surface area contributed by atoms with Gasteiger partial charge in [0.25, 0.3) is 0 Å². The molecular weight excluding hydrogens is 320 g/mol. The summed E-state index contributed by atoms with van der Waals surface area (Å²) in [4.78, 5) is 30.2. The van der Waals surface area contributed by atoms with Gasteiger partial charge in [0.15, 0.2) is 5.69 Å². The summed E-state index contributed by atoms with van der Waals surface area (Å²) in [6.45, 7) is 4.16. The summed E-state index contributed by atoms with van der Waals surface area (Å²) in [7, 11) is 1.29. The van der Waals surface area contributed by atoms with Crippen LogP contribution in [0.3, 0.4) is 0 Å². The second kappa shape index (κ2) is 7.09. The molecule has 1 aromatic carbocycles. The normalized spacial score (nSPS) is 18.9. The molecule has 0 aliphatic heterocycles. The van der Waals surface area contributed by atoms with Crippen molar-refractivity contribution in [1.29, 1.82) is 0 Å². The zero-order valence-corrected chi connectivity index (χ0v) is 14.6. The van der Waals surface area contributed by atoms with E-state index in [-0.39, 0.29) is 36.0 Å². The zero-order valence-electron chi connectivity index (χ0n) is 14.6. The first-order chi connectivity index (χ1) is 12.0. The third-order valence-corrected chi connectivity index (χ3v) is 4.49. The van der Waals surface area contributed by atoms with Crippen molar-refractivity contribution in [3.05, 3.63) is 53.7 Å². The molecule has 0 N–H and O–H groups in total. The van der Waals surface area contributed by atoms with Crippen LogP contribution in [0.2, 0.25) is 0 Å². The van der Waals surface area contributed by atoms with Gasteiger partial charge in [0.1, 0.15) is 6.26 Å². The van der Waals surface area contributed by atoms with E-state index in [0.29, 0.717) is 5.89 Å². The number of methoxy groups -OCH3 is 1. The highest BCUT2D eigenvalue weighted by Gasteiger charge is 2.46. The van der Waals surface area contributed by atoms with E-state index in [9.17, 15) is 9.59 Å². The van der Waals surface area contributed by atoms with Gasteiger partial charge in [-0.05, 0) is 31.7 Å². The minimum Gasteiger partial charge on any atom is -0.464 e. The molecule has 2 atom stereocenters. The van der Waals surface area contributed by atoms with Crippen molar-refractivity contribution in [2.24, 2.45) is 5.92 Å². The van der Waals surface area contributed by atoms with Crippen LogP contribution in [0.1, 0.15) is 48.1 Å². The number of hydrogen-bond acceptors (Lipinski definition) is 5. The largest absolute Gasteiger partial charge is 0.464 e. The third kappa shape index (κ3) is 3.73. The molecule has 1 saturated carbocycles. The molecular formula is C19H22N2O4. The van der Waals surface area contributed by atoms with Crippen molar-refractivity contribution >= 4 is 11.9 Å². The van der Waals surface area contributed by atoms with E-state index >= 15 is 0 Å². The number of carbonyl (C=O) groups excluding carboxylic acids is 2. The Hall–Kier alpha value is -2.63. The molecule has 25 heavy (non-hydrogen) atoms. The predicted octanol–water partition coefficient (Wildman–Crippen LogP) is 3.00. The number of oxazole rings is 1. The van der Waals surface area contributed by atoms with Crippen LogP contribution in [0.5, 0.6) is 0 Å². The van der Waals surface area contributed by atoms with Gasteiger partial charge in [-0.25, -0.2) is 9.78 Å². The summed E-state index contributed by atoms with van der Waals surface area (Å²) in [6, 6.07) is 10.1. The lowest BCUT2D eigenvalue weighted by molar-refractivity contribution is -0.135. The van der Waals surface area contributed by atoms with E-state index in [0.717, 1.165) is 6.42 Å². The molecule has 6 nitrogen and oxygen atoms in total. The number of carbonyl (C=O) groups is 2. The molecule has 2 aromatic rings. The van der Waals surface area contributed by atoms with Gasteiger partial charge < -0.3 is 14.1 Å². The number of rotatable bonds is 6. The molecule has 1 heterocycles. The Kier molecular flexibility index (Phi) is 4.88. The minimum absolute atomic E-state index is 0.000148. The molecule has 1 aliphatic rings. The van der Waals surface area contributed by atoms with Crippen LogP contribution in [-0.2, 0) is 16.1 Å². The molecule has 1 aliphatic carbocycles. The van der Waals surface area contributed by atoms with Crippen LogP contribution < -0.4 is 0 Å². The van der Waals surface area contributed by atoms with Gasteiger partial charge in [-0.3, -0.25) is 4.79 Å². The molecule has 3 rings (SSSR count). The van der Waals surface area contributed by atoms with E-state index in [1.165, 1.54) is 18.9 Å². The van der Waals surface area contributed by atoms with Gasteiger partial charge in [-0.1, -0.05) is 30.3 Å². The van der Waals surface area contributed by atoms with E-state index < -0.39 is 5.97 Å². The van der Waals surface area contributed by atoms with Crippen LogP contribution in [0.25, 0.3) is 0 Å². The Labute approximate surface area is 146 Å². The molecule has 0 saturated heterocycles. The fourth-order valence-electron chi connectivity index (χ4n) is 2.99. The highest BCUT2D eigenvalue weighted by Crippen LogP contribution is 2.48. The Balaban J connectivity index is 1.68. The van der Waals surface area contributed by atoms with Crippen molar-refractivity contribution < 1.29 is 18.7 Å². The maximum absolute atomic E-state index is 12.9. The molecule has 0 spiro atoms. The lowest BCUT2D eigenvalue weighted by Gasteiger charge is -2.25. The Morgan fingerprint density at radius 1 is 1.32 bits per heavy atom. The summed E-state index contributed by atoms with van der Waals surface area (Å²) in [5.74, 6) is 0.162. The Bertz CT molecular complexity index is 754. The molecule has 6 heteroatoms. The van der Waals surface area contributed by atoms with Crippen LogP contribution in [0, 0.1) is 5.92 Å². The highest BCUT2D eigenvalue weighted by molar-refractivity contribution is 5.86. The zero-order chi connectivity index (χ0) is 18.0. The molecule has 1 fully saturated rings. The second-order valence-corrected chi connectivity index (χ2v) is 6.54. The first-order valence-electron chi connectivity index (χ1n) is 8.39. The van der Waals surface area contributed by atoms with E-state index in [1.807, 2.05) is 32.0 Å².